The average Bonchev–Trinajstić information content (AvgIpc) is 2.39. The zero-order chi connectivity index (χ0) is 14.4. The summed E-state index contributed by atoms with van der Waals surface area (Å²) in [6.07, 6.45) is 0. The molecule has 0 bridgehead atoms. The Morgan fingerprint density at radius 1 is 1.05 bits per heavy atom. The van der Waals surface area contributed by atoms with Crippen molar-refractivity contribution in [2.45, 2.75) is 39.8 Å². The molecule has 0 saturated heterocycles. The molecule has 1 N–H and O–H groups in total. The van der Waals surface area contributed by atoms with Gasteiger partial charge in [0.15, 0.2) is 0 Å². The summed E-state index contributed by atoms with van der Waals surface area (Å²) in [5.41, 5.74) is 1.38. The van der Waals surface area contributed by atoms with Crippen LogP contribution in [0.5, 0.6) is 0 Å². The zero-order valence-corrected chi connectivity index (χ0v) is 13.4. The highest BCUT2D eigenvalue weighted by atomic mass is 15.1. The monoisotopic (exact) mass is 262 g/mol. The molecule has 0 fully saturated rings. The van der Waals surface area contributed by atoms with E-state index in [0.717, 1.165) is 6.54 Å². The van der Waals surface area contributed by atoms with Crippen LogP contribution >= 0.6 is 0 Å². The van der Waals surface area contributed by atoms with Gasteiger partial charge in [-0.1, -0.05) is 51.1 Å². The molecule has 0 radical (unpaired) electrons. The second-order valence-corrected chi connectivity index (χ2v) is 6.08. The number of hydrogen-bond donors (Lipinski definition) is 1. The van der Waals surface area contributed by atoms with E-state index in [0.29, 0.717) is 23.9 Å². The molecule has 2 heteroatoms. The van der Waals surface area contributed by atoms with Gasteiger partial charge < -0.3 is 10.2 Å². The van der Waals surface area contributed by atoms with Crippen LogP contribution in [-0.4, -0.2) is 31.6 Å². The summed E-state index contributed by atoms with van der Waals surface area (Å²) in [6, 6.07) is 11.8. The summed E-state index contributed by atoms with van der Waals surface area (Å²) < 4.78 is 0. The quantitative estimate of drug-likeness (QED) is 0.808. The van der Waals surface area contributed by atoms with E-state index in [9.17, 15) is 0 Å². The molecule has 0 aliphatic carbocycles. The van der Waals surface area contributed by atoms with Crippen LogP contribution in [-0.2, 0) is 0 Å². The number of nitrogens with zero attached hydrogens (tertiary/aromatic N) is 1. The SMILES string of the molecule is CNC(c1ccccc1)C(C)CN(C)C(C)C(C)C. The first kappa shape index (κ1) is 16.2. The van der Waals surface area contributed by atoms with Crippen molar-refractivity contribution in [1.82, 2.24) is 10.2 Å². The third-order valence-electron chi connectivity index (χ3n) is 4.27. The van der Waals surface area contributed by atoms with E-state index in [1.165, 1.54) is 5.56 Å². The van der Waals surface area contributed by atoms with Gasteiger partial charge in [0.25, 0.3) is 0 Å². The molecule has 0 saturated carbocycles. The van der Waals surface area contributed by atoms with Crippen LogP contribution in [0.2, 0.25) is 0 Å². The van der Waals surface area contributed by atoms with Crippen molar-refractivity contribution >= 4 is 0 Å². The molecule has 0 aliphatic heterocycles. The van der Waals surface area contributed by atoms with E-state index >= 15 is 0 Å². The first-order valence-electron chi connectivity index (χ1n) is 7.39. The van der Waals surface area contributed by atoms with E-state index in [4.69, 9.17) is 0 Å². The minimum Gasteiger partial charge on any atom is -0.313 e. The van der Waals surface area contributed by atoms with Gasteiger partial charge in [-0.2, -0.15) is 0 Å². The molecular formula is C17H30N2. The third-order valence-corrected chi connectivity index (χ3v) is 4.27. The largest absolute Gasteiger partial charge is 0.313 e. The van der Waals surface area contributed by atoms with Gasteiger partial charge in [-0.15, -0.1) is 0 Å². The Balaban J connectivity index is 2.67. The molecule has 0 spiro atoms. The Bertz CT molecular complexity index is 348. The standard InChI is InChI=1S/C17H30N2/c1-13(2)15(4)19(6)12-14(3)17(18-5)16-10-8-7-9-11-16/h7-11,13-15,17-18H,12H2,1-6H3. The van der Waals surface area contributed by atoms with E-state index in [-0.39, 0.29) is 0 Å². The molecule has 0 aliphatic rings. The fraction of sp³-hybridized carbons (Fsp3) is 0.647. The minimum atomic E-state index is 0.419. The molecule has 19 heavy (non-hydrogen) atoms. The molecule has 2 nitrogen and oxygen atoms in total. The molecule has 0 aromatic heterocycles. The molecule has 0 amide bonds. The predicted molar refractivity (Wildman–Crippen MR) is 84.3 cm³/mol. The van der Waals surface area contributed by atoms with Crippen molar-refractivity contribution < 1.29 is 0 Å². The third kappa shape index (κ3) is 4.63. The van der Waals surface area contributed by atoms with Crippen LogP contribution in [0.15, 0.2) is 30.3 Å². The maximum Gasteiger partial charge on any atom is 0.0355 e. The highest BCUT2D eigenvalue weighted by molar-refractivity contribution is 5.19. The van der Waals surface area contributed by atoms with Crippen LogP contribution in [0.4, 0.5) is 0 Å². The molecule has 1 rings (SSSR count). The van der Waals surface area contributed by atoms with Gasteiger partial charge in [-0.3, -0.25) is 0 Å². The Morgan fingerprint density at radius 2 is 1.63 bits per heavy atom. The first-order chi connectivity index (χ1) is 8.97. The van der Waals surface area contributed by atoms with Gasteiger partial charge in [0.2, 0.25) is 0 Å². The maximum absolute atomic E-state index is 3.46. The van der Waals surface area contributed by atoms with Crippen molar-refractivity contribution in [2.24, 2.45) is 11.8 Å². The van der Waals surface area contributed by atoms with Crippen molar-refractivity contribution in [3.05, 3.63) is 35.9 Å². The summed E-state index contributed by atoms with van der Waals surface area (Å²) in [4.78, 5) is 2.47. The second-order valence-electron chi connectivity index (χ2n) is 6.08. The Labute approximate surface area is 119 Å². The normalized spacial score (nSPS) is 16.6. The van der Waals surface area contributed by atoms with Crippen LogP contribution in [0.1, 0.15) is 39.3 Å². The lowest BCUT2D eigenvalue weighted by atomic mass is 9.93. The van der Waals surface area contributed by atoms with E-state index in [1.54, 1.807) is 0 Å². The predicted octanol–water partition coefficient (Wildman–Crippen LogP) is 3.56. The second kappa shape index (κ2) is 7.66. The summed E-state index contributed by atoms with van der Waals surface area (Å²) in [5.74, 6) is 1.28. The Morgan fingerprint density at radius 3 is 2.11 bits per heavy atom. The van der Waals surface area contributed by atoms with E-state index in [1.807, 2.05) is 0 Å². The Kier molecular flexibility index (Phi) is 6.53. The molecule has 0 heterocycles. The molecular weight excluding hydrogens is 232 g/mol. The number of rotatable bonds is 7. The lowest BCUT2D eigenvalue weighted by Gasteiger charge is -2.33. The minimum absolute atomic E-state index is 0.419. The molecule has 3 unspecified atom stereocenters. The van der Waals surface area contributed by atoms with Gasteiger partial charge in [0.05, 0.1) is 0 Å². The smallest absolute Gasteiger partial charge is 0.0355 e. The van der Waals surface area contributed by atoms with Crippen molar-refractivity contribution in [1.29, 1.82) is 0 Å². The number of hydrogen-bond acceptors (Lipinski definition) is 2. The van der Waals surface area contributed by atoms with Gasteiger partial charge in [-0.05, 0) is 38.4 Å². The van der Waals surface area contributed by atoms with E-state index in [2.05, 4.69) is 82.3 Å². The van der Waals surface area contributed by atoms with Crippen LogP contribution in [0.25, 0.3) is 0 Å². The van der Waals surface area contributed by atoms with Gasteiger partial charge in [-0.25, -0.2) is 0 Å². The van der Waals surface area contributed by atoms with Crippen LogP contribution < -0.4 is 5.32 Å². The molecule has 3 atom stereocenters. The topological polar surface area (TPSA) is 15.3 Å². The maximum atomic E-state index is 3.46. The Hall–Kier alpha value is -0.860. The van der Waals surface area contributed by atoms with Gasteiger partial charge in [0, 0.05) is 18.6 Å². The van der Waals surface area contributed by atoms with Crippen molar-refractivity contribution in [3.8, 4) is 0 Å². The number of nitrogens with one attached hydrogen (secondary N) is 1. The van der Waals surface area contributed by atoms with Gasteiger partial charge in [0.1, 0.15) is 0 Å². The summed E-state index contributed by atoms with van der Waals surface area (Å²) >= 11 is 0. The highest BCUT2D eigenvalue weighted by Crippen LogP contribution is 2.23. The van der Waals surface area contributed by atoms with Crippen molar-refractivity contribution in [2.75, 3.05) is 20.6 Å². The van der Waals surface area contributed by atoms with E-state index < -0.39 is 0 Å². The lowest BCUT2D eigenvalue weighted by Crippen LogP contribution is -2.39. The highest BCUT2D eigenvalue weighted by Gasteiger charge is 2.21. The molecule has 1 aromatic carbocycles. The average molecular weight is 262 g/mol. The van der Waals surface area contributed by atoms with Crippen molar-refractivity contribution in [3.63, 3.8) is 0 Å². The fourth-order valence-electron chi connectivity index (χ4n) is 2.67. The van der Waals surface area contributed by atoms with Crippen LogP contribution in [0, 0.1) is 11.8 Å². The fourth-order valence-corrected chi connectivity index (χ4v) is 2.67. The summed E-state index contributed by atoms with van der Waals surface area (Å²) in [6.45, 7) is 10.3. The zero-order valence-electron chi connectivity index (χ0n) is 13.4. The molecule has 1 aromatic rings. The van der Waals surface area contributed by atoms with Crippen LogP contribution in [0.3, 0.4) is 0 Å². The number of benzene rings is 1. The van der Waals surface area contributed by atoms with Gasteiger partial charge >= 0.3 is 0 Å². The summed E-state index contributed by atoms with van der Waals surface area (Å²) in [5, 5.41) is 3.46. The first-order valence-corrected chi connectivity index (χ1v) is 7.39. The molecule has 108 valence electrons. The summed E-state index contributed by atoms with van der Waals surface area (Å²) in [7, 11) is 4.29. The lowest BCUT2D eigenvalue weighted by molar-refractivity contribution is 0.169.